The van der Waals surface area contributed by atoms with Crippen LogP contribution in [-0.4, -0.2) is 23.4 Å². The number of aromatic nitrogens is 3. The number of fused-ring (bicyclic) bond motifs is 1. The first-order valence-electron chi connectivity index (χ1n) is 5.64. The molecule has 20 heavy (non-hydrogen) atoms. The zero-order chi connectivity index (χ0) is 14.2. The van der Waals surface area contributed by atoms with E-state index in [0.29, 0.717) is 5.52 Å². The summed E-state index contributed by atoms with van der Waals surface area (Å²) in [6, 6.07) is 9.88. The highest BCUT2D eigenvalue weighted by atomic mass is 35.5. The fraction of sp³-hybridized carbons (Fsp3) is 0. The summed E-state index contributed by atoms with van der Waals surface area (Å²) in [5.41, 5.74) is 1.43. The average Bonchev–Trinajstić information content (AvgIpc) is 2.80. The van der Waals surface area contributed by atoms with E-state index in [-0.39, 0.29) is 16.0 Å². The monoisotopic (exact) mass is 308 g/mol. The van der Waals surface area contributed by atoms with E-state index in [1.54, 1.807) is 6.07 Å². The molecule has 0 atom stereocenters. The van der Waals surface area contributed by atoms with Crippen LogP contribution >= 0.6 is 11.6 Å². The number of para-hydroxylation sites is 2. The minimum atomic E-state index is -3.75. The maximum atomic E-state index is 12.2. The molecule has 3 rings (SSSR count). The predicted octanol–water partition coefficient (Wildman–Crippen LogP) is 2.41. The van der Waals surface area contributed by atoms with E-state index in [1.165, 1.54) is 18.3 Å². The van der Waals surface area contributed by atoms with Crippen LogP contribution in [0.4, 0.5) is 5.95 Å². The number of rotatable bonds is 3. The van der Waals surface area contributed by atoms with Gasteiger partial charge in [0.15, 0.2) is 0 Å². The van der Waals surface area contributed by atoms with Crippen LogP contribution in [0.2, 0.25) is 5.15 Å². The van der Waals surface area contributed by atoms with E-state index in [0.717, 1.165) is 5.52 Å². The molecule has 0 aliphatic heterocycles. The number of nitrogens with zero attached hydrogens (tertiary/aromatic N) is 2. The summed E-state index contributed by atoms with van der Waals surface area (Å²) >= 11 is 5.69. The van der Waals surface area contributed by atoms with E-state index in [2.05, 4.69) is 19.7 Å². The van der Waals surface area contributed by atoms with Crippen LogP contribution in [-0.2, 0) is 10.0 Å². The minimum Gasteiger partial charge on any atom is -0.323 e. The molecule has 0 spiro atoms. The Morgan fingerprint density at radius 3 is 2.75 bits per heavy atom. The number of benzene rings is 1. The lowest BCUT2D eigenvalue weighted by Crippen LogP contribution is -2.14. The molecule has 102 valence electrons. The number of anilines is 1. The second-order valence-electron chi connectivity index (χ2n) is 4.02. The molecule has 0 aliphatic rings. The maximum absolute atomic E-state index is 12.2. The minimum absolute atomic E-state index is 0.0259. The zero-order valence-electron chi connectivity index (χ0n) is 10.0. The van der Waals surface area contributed by atoms with E-state index in [4.69, 9.17) is 11.6 Å². The first-order chi connectivity index (χ1) is 9.54. The fourth-order valence-corrected chi connectivity index (χ4v) is 2.95. The second kappa shape index (κ2) is 4.77. The number of pyridine rings is 1. The molecule has 0 unspecified atom stereocenters. The quantitative estimate of drug-likeness (QED) is 0.727. The summed E-state index contributed by atoms with van der Waals surface area (Å²) in [7, 11) is -3.75. The van der Waals surface area contributed by atoms with Crippen molar-refractivity contribution in [3.8, 4) is 0 Å². The van der Waals surface area contributed by atoms with Gasteiger partial charge in [-0.2, -0.15) is 0 Å². The number of imidazole rings is 1. The van der Waals surface area contributed by atoms with Crippen molar-refractivity contribution >= 4 is 38.6 Å². The second-order valence-corrected chi connectivity index (χ2v) is 6.09. The van der Waals surface area contributed by atoms with E-state index in [9.17, 15) is 8.42 Å². The lowest BCUT2D eigenvalue weighted by molar-refractivity contribution is 0.600. The number of aromatic amines is 1. The highest BCUT2D eigenvalue weighted by molar-refractivity contribution is 7.92. The Morgan fingerprint density at radius 2 is 2.00 bits per heavy atom. The highest BCUT2D eigenvalue weighted by Crippen LogP contribution is 2.18. The largest absolute Gasteiger partial charge is 0.323 e. The van der Waals surface area contributed by atoms with E-state index >= 15 is 0 Å². The van der Waals surface area contributed by atoms with Crippen molar-refractivity contribution in [2.45, 2.75) is 4.90 Å². The Hall–Kier alpha value is -2.12. The fourth-order valence-electron chi connectivity index (χ4n) is 1.74. The topological polar surface area (TPSA) is 87.7 Å². The van der Waals surface area contributed by atoms with Gasteiger partial charge < -0.3 is 4.98 Å². The number of hydrogen-bond acceptors (Lipinski definition) is 4. The van der Waals surface area contributed by atoms with Crippen LogP contribution in [0.15, 0.2) is 47.5 Å². The Morgan fingerprint density at radius 1 is 1.20 bits per heavy atom. The molecule has 0 radical (unpaired) electrons. The van der Waals surface area contributed by atoms with E-state index in [1.807, 2.05) is 18.2 Å². The molecule has 0 bridgehead atoms. The molecular formula is C12H9ClN4O2S. The smallest absolute Gasteiger partial charge is 0.264 e. The number of H-pyrrole nitrogens is 1. The Kier molecular flexibility index (Phi) is 3.07. The zero-order valence-corrected chi connectivity index (χ0v) is 11.6. The summed E-state index contributed by atoms with van der Waals surface area (Å²) in [5, 5.41) is 0.109. The lowest BCUT2D eigenvalue weighted by Gasteiger charge is -2.04. The molecule has 1 aromatic carbocycles. The van der Waals surface area contributed by atoms with Crippen molar-refractivity contribution < 1.29 is 8.42 Å². The number of nitrogens with one attached hydrogen (secondary N) is 2. The average molecular weight is 309 g/mol. The van der Waals surface area contributed by atoms with Gasteiger partial charge in [0.2, 0.25) is 5.95 Å². The maximum Gasteiger partial charge on any atom is 0.264 e. The molecule has 2 N–H and O–H groups in total. The third kappa shape index (κ3) is 2.45. The normalized spacial score (nSPS) is 11.7. The summed E-state index contributed by atoms with van der Waals surface area (Å²) in [4.78, 5) is 10.8. The van der Waals surface area contributed by atoms with Gasteiger partial charge >= 0.3 is 0 Å². The molecule has 0 amide bonds. The Bertz CT molecular complexity index is 843. The summed E-state index contributed by atoms with van der Waals surface area (Å²) in [5.74, 6) is 0.152. The molecule has 8 heteroatoms. The van der Waals surface area contributed by atoms with Gasteiger partial charge in [0.25, 0.3) is 10.0 Å². The predicted molar refractivity (Wildman–Crippen MR) is 76.1 cm³/mol. The van der Waals surface area contributed by atoms with Crippen LogP contribution < -0.4 is 4.72 Å². The van der Waals surface area contributed by atoms with Crippen molar-refractivity contribution in [2.24, 2.45) is 0 Å². The number of sulfonamides is 1. The molecule has 0 fully saturated rings. The van der Waals surface area contributed by atoms with Crippen molar-refractivity contribution in [1.29, 1.82) is 0 Å². The van der Waals surface area contributed by atoms with E-state index < -0.39 is 10.0 Å². The highest BCUT2D eigenvalue weighted by Gasteiger charge is 2.16. The molecule has 2 heterocycles. The number of hydrogen-bond donors (Lipinski definition) is 2. The van der Waals surface area contributed by atoms with Gasteiger partial charge in [-0.3, -0.25) is 0 Å². The molecule has 3 aromatic rings. The molecular weight excluding hydrogens is 300 g/mol. The Balaban J connectivity index is 1.97. The van der Waals surface area contributed by atoms with Crippen LogP contribution in [0.1, 0.15) is 0 Å². The summed E-state index contributed by atoms with van der Waals surface area (Å²) in [6.07, 6.45) is 1.33. The molecule has 6 nitrogen and oxygen atoms in total. The van der Waals surface area contributed by atoms with Crippen LogP contribution in [0.3, 0.4) is 0 Å². The lowest BCUT2D eigenvalue weighted by atomic mass is 10.3. The SMILES string of the molecule is O=S(=O)(Nc1nc2ccccc2[nH]1)c1ccnc(Cl)c1. The summed E-state index contributed by atoms with van der Waals surface area (Å²) in [6.45, 7) is 0. The first-order valence-corrected chi connectivity index (χ1v) is 7.50. The van der Waals surface area contributed by atoms with Gasteiger partial charge in [-0.1, -0.05) is 23.7 Å². The standard InChI is InChI=1S/C12H9ClN4O2S/c13-11-7-8(5-6-14-11)20(18,19)17-12-15-9-3-1-2-4-10(9)16-12/h1-7H,(H2,15,16,17). The van der Waals surface area contributed by atoms with Gasteiger partial charge in [0, 0.05) is 6.20 Å². The third-order valence-corrected chi connectivity index (χ3v) is 4.17. The molecule has 0 aliphatic carbocycles. The van der Waals surface area contributed by atoms with Crippen molar-refractivity contribution in [2.75, 3.05) is 4.72 Å². The Labute approximate surface area is 119 Å². The van der Waals surface area contributed by atoms with Gasteiger partial charge in [0.05, 0.1) is 15.9 Å². The number of halogens is 1. The first kappa shape index (κ1) is 12.9. The van der Waals surface area contributed by atoms with Gasteiger partial charge in [-0.15, -0.1) is 0 Å². The summed E-state index contributed by atoms with van der Waals surface area (Å²) < 4.78 is 26.7. The van der Waals surface area contributed by atoms with Crippen LogP contribution in [0, 0.1) is 0 Å². The van der Waals surface area contributed by atoms with Crippen molar-refractivity contribution in [1.82, 2.24) is 15.0 Å². The van der Waals surface area contributed by atoms with Gasteiger partial charge in [-0.05, 0) is 24.3 Å². The van der Waals surface area contributed by atoms with Gasteiger partial charge in [-0.25, -0.2) is 23.1 Å². The van der Waals surface area contributed by atoms with Crippen LogP contribution in [0.25, 0.3) is 11.0 Å². The van der Waals surface area contributed by atoms with Crippen molar-refractivity contribution in [3.63, 3.8) is 0 Å². The third-order valence-electron chi connectivity index (χ3n) is 2.63. The molecule has 2 aromatic heterocycles. The van der Waals surface area contributed by atoms with Crippen LogP contribution in [0.5, 0.6) is 0 Å². The molecule has 0 saturated heterocycles. The molecule has 0 saturated carbocycles. The van der Waals surface area contributed by atoms with Crippen molar-refractivity contribution in [3.05, 3.63) is 47.7 Å². The van der Waals surface area contributed by atoms with Gasteiger partial charge in [0.1, 0.15) is 5.15 Å².